The molecule has 2 rings (SSSR count). The van der Waals surface area contributed by atoms with E-state index in [0.29, 0.717) is 11.3 Å². The molecular formula is C22H26N2O6S. The zero-order chi connectivity index (χ0) is 23.1. The van der Waals surface area contributed by atoms with Crippen LogP contribution >= 0.6 is 11.3 Å². The lowest BCUT2D eigenvalue weighted by atomic mass is 10.1. The second-order valence-corrected chi connectivity index (χ2v) is 8.21. The third kappa shape index (κ3) is 6.39. The SMILES string of the molecule is CCOC(=O)c1c(NC(=O)c2cccc(NC(C)=O)c2)sc(C(=O)OCC(C)C)c1C. The van der Waals surface area contributed by atoms with Crippen LogP contribution in [0.5, 0.6) is 0 Å². The molecule has 0 unspecified atom stereocenters. The van der Waals surface area contributed by atoms with Crippen molar-refractivity contribution in [3.63, 3.8) is 0 Å². The smallest absolute Gasteiger partial charge is 0.348 e. The van der Waals surface area contributed by atoms with Gasteiger partial charge in [-0.1, -0.05) is 19.9 Å². The predicted octanol–water partition coefficient (Wildman–Crippen LogP) is 4.26. The number of carbonyl (C=O) groups excluding carboxylic acids is 4. The van der Waals surface area contributed by atoms with Crippen LogP contribution in [0.2, 0.25) is 0 Å². The molecule has 0 fully saturated rings. The van der Waals surface area contributed by atoms with Crippen LogP contribution in [-0.2, 0) is 14.3 Å². The fraction of sp³-hybridized carbons (Fsp3) is 0.364. The minimum Gasteiger partial charge on any atom is -0.462 e. The highest BCUT2D eigenvalue weighted by molar-refractivity contribution is 7.18. The van der Waals surface area contributed by atoms with Gasteiger partial charge >= 0.3 is 11.9 Å². The standard InChI is InChI=1S/C22H26N2O6S/c1-6-29-21(27)17-13(4)18(22(28)30-11-12(2)3)31-20(17)24-19(26)15-8-7-9-16(10-15)23-14(5)25/h7-10,12H,6,11H2,1-5H3,(H,23,25)(H,24,26). The topological polar surface area (TPSA) is 111 Å². The average Bonchev–Trinajstić information content (AvgIpc) is 3.01. The number of rotatable bonds is 8. The lowest BCUT2D eigenvalue weighted by Gasteiger charge is -2.08. The highest BCUT2D eigenvalue weighted by Crippen LogP contribution is 2.35. The van der Waals surface area contributed by atoms with Crippen LogP contribution < -0.4 is 10.6 Å². The van der Waals surface area contributed by atoms with Crippen LogP contribution in [-0.4, -0.2) is 37.0 Å². The maximum absolute atomic E-state index is 12.8. The summed E-state index contributed by atoms with van der Waals surface area (Å²) >= 11 is 0.961. The normalized spacial score (nSPS) is 10.5. The molecule has 1 aromatic heterocycles. The van der Waals surface area contributed by atoms with Crippen molar-refractivity contribution in [2.45, 2.75) is 34.6 Å². The van der Waals surface area contributed by atoms with Gasteiger partial charge in [-0.05, 0) is 43.5 Å². The number of amides is 2. The van der Waals surface area contributed by atoms with Crippen molar-refractivity contribution in [3.8, 4) is 0 Å². The fourth-order valence-electron chi connectivity index (χ4n) is 2.67. The number of benzene rings is 1. The van der Waals surface area contributed by atoms with Gasteiger partial charge in [-0.25, -0.2) is 9.59 Å². The molecule has 0 spiro atoms. The zero-order valence-corrected chi connectivity index (χ0v) is 19.0. The first-order valence-corrected chi connectivity index (χ1v) is 10.6. The number of hydrogen-bond acceptors (Lipinski definition) is 7. The Labute approximate surface area is 184 Å². The van der Waals surface area contributed by atoms with Crippen LogP contribution in [0.25, 0.3) is 0 Å². The molecule has 8 nitrogen and oxygen atoms in total. The molecule has 0 bridgehead atoms. The molecule has 0 aliphatic carbocycles. The minimum absolute atomic E-state index is 0.120. The first-order chi connectivity index (χ1) is 14.6. The first kappa shape index (κ1) is 24.1. The summed E-state index contributed by atoms with van der Waals surface area (Å²) in [6, 6.07) is 6.36. The van der Waals surface area contributed by atoms with Crippen LogP contribution in [0.15, 0.2) is 24.3 Å². The van der Waals surface area contributed by atoms with Gasteiger partial charge in [-0.3, -0.25) is 9.59 Å². The largest absolute Gasteiger partial charge is 0.462 e. The lowest BCUT2D eigenvalue weighted by molar-refractivity contribution is -0.114. The Balaban J connectivity index is 2.36. The number of carbonyl (C=O) groups is 4. The molecule has 0 saturated heterocycles. The van der Waals surface area contributed by atoms with Gasteiger partial charge in [0, 0.05) is 18.2 Å². The quantitative estimate of drug-likeness (QED) is 0.586. The monoisotopic (exact) mass is 446 g/mol. The van der Waals surface area contributed by atoms with Crippen molar-refractivity contribution < 1.29 is 28.7 Å². The van der Waals surface area contributed by atoms with E-state index in [9.17, 15) is 19.2 Å². The molecule has 31 heavy (non-hydrogen) atoms. The van der Waals surface area contributed by atoms with E-state index in [2.05, 4.69) is 10.6 Å². The third-order valence-corrected chi connectivity index (χ3v) is 5.22. The van der Waals surface area contributed by atoms with Gasteiger partial charge in [0.1, 0.15) is 9.88 Å². The number of ether oxygens (including phenoxy) is 2. The second kappa shape index (κ2) is 10.7. The molecule has 0 aliphatic rings. The van der Waals surface area contributed by atoms with Crippen molar-refractivity contribution in [1.82, 2.24) is 0 Å². The number of hydrogen-bond donors (Lipinski definition) is 2. The van der Waals surface area contributed by atoms with Gasteiger partial charge in [0.05, 0.1) is 18.8 Å². The van der Waals surface area contributed by atoms with E-state index < -0.39 is 17.8 Å². The predicted molar refractivity (Wildman–Crippen MR) is 119 cm³/mol. The molecular weight excluding hydrogens is 420 g/mol. The zero-order valence-electron chi connectivity index (χ0n) is 18.2. The average molecular weight is 447 g/mol. The van der Waals surface area contributed by atoms with E-state index in [4.69, 9.17) is 9.47 Å². The maximum atomic E-state index is 12.8. The molecule has 1 aromatic carbocycles. The number of esters is 2. The first-order valence-electron chi connectivity index (χ1n) is 9.80. The Hall–Kier alpha value is -3.20. The Kier molecular flexibility index (Phi) is 8.32. The van der Waals surface area contributed by atoms with Crippen LogP contribution in [0.4, 0.5) is 10.7 Å². The van der Waals surface area contributed by atoms with Gasteiger partial charge in [-0.15, -0.1) is 11.3 Å². The number of anilines is 2. The van der Waals surface area contributed by atoms with Crippen LogP contribution in [0.1, 0.15) is 63.6 Å². The molecule has 0 aliphatic heterocycles. The summed E-state index contributed by atoms with van der Waals surface area (Å²) < 4.78 is 10.4. The van der Waals surface area contributed by atoms with Crippen LogP contribution in [0.3, 0.4) is 0 Å². The summed E-state index contributed by atoms with van der Waals surface area (Å²) in [6.07, 6.45) is 0. The molecule has 0 radical (unpaired) electrons. The summed E-state index contributed by atoms with van der Waals surface area (Å²) in [5.41, 5.74) is 1.25. The summed E-state index contributed by atoms with van der Waals surface area (Å²) in [7, 11) is 0. The summed E-state index contributed by atoms with van der Waals surface area (Å²) in [5.74, 6) is -1.80. The number of thiophene rings is 1. The van der Waals surface area contributed by atoms with Gasteiger partial charge in [-0.2, -0.15) is 0 Å². The summed E-state index contributed by atoms with van der Waals surface area (Å²) in [6.45, 7) is 8.87. The van der Waals surface area contributed by atoms with Crippen molar-refractivity contribution in [3.05, 3.63) is 45.8 Å². The molecule has 0 atom stereocenters. The Morgan fingerprint density at radius 3 is 2.39 bits per heavy atom. The molecule has 2 N–H and O–H groups in total. The molecule has 166 valence electrons. The van der Waals surface area contributed by atoms with E-state index in [1.807, 2.05) is 13.8 Å². The molecule has 2 amide bonds. The van der Waals surface area contributed by atoms with E-state index in [1.54, 1.807) is 32.0 Å². The Morgan fingerprint density at radius 1 is 1.06 bits per heavy atom. The molecule has 9 heteroatoms. The lowest BCUT2D eigenvalue weighted by Crippen LogP contribution is -2.15. The highest BCUT2D eigenvalue weighted by Gasteiger charge is 2.27. The summed E-state index contributed by atoms with van der Waals surface area (Å²) in [5, 5.41) is 5.49. The fourth-order valence-corrected chi connectivity index (χ4v) is 3.75. The van der Waals surface area contributed by atoms with E-state index in [-0.39, 0.29) is 46.0 Å². The van der Waals surface area contributed by atoms with E-state index in [1.165, 1.54) is 13.0 Å². The van der Waals surface area contributed by atoms with Gasteiger partial charge in [0.25, 0.3) is 5.91 Å². The molecule has 2 aromatic rings. The van der Waals surface area contributed by atoms with Crippen LogP contribution in [0, 0.1) is 12.8 Å². The van der Waals surface area contributed by atoms with Crippen molar-refractivity contribution >= 4 is 45.8 Å². The van der Waals surface area contributed by atoms with Gasteiger partial charge in [0.2, 0.25) is 5.91 Å². The van der Waals surface area contributed by atoms with E-state index in [0.717, 1.165) is 11.3 Å². The Bertz CT molecular complexity index is 996. The highest BCUT2D eigenvalue weighted by atomic mass is 32.1. The molecule has 1 heterocycles. The molecule has 0 saturated carbocycles. The summed E-state index contributed by atoms with van der Waals surface area (Å²) in [4.78, 5) is 49.3. The van der Waals surface area contributed by atoms with Crippen molar-refractivity contribution in [2.24, 2.45) is 5.92 Å². The van der Waals surface area contributed by atoms with Crippen molar-refractivity contribution in [2.75, 3.05) is 23.8 Å². The number of nitrogens with one attached hydrogen (secondary N) is 2. The van der Waals surface area contributed by atoms with E-state index >= 15 is 0 Å². The Morgan fingerprint density at radius 2 is 1.77 bits per heavy atom. The minimum atomic E-state index is -0.638. The second-order valence-electron chi connectivity index (χ2n) is 7.19. The van der Waals surface area contributed by atoms with Gasteiger partial charge in [0.15, 0.2) is 0 Å². The van der Waals surface area contributed by atoms with Gasteiger partial charge < -0.3 is 20.1 Å². The maximum Gasteiger partial charge on any atom is 0.348 e. The van der Waals surface area contributed by atoms with Crippen molar-refractivity contribution in [1.29, 1.82) is 0 Å². The third-order valence-electron chi connectivity index (χ3n) is 4.03.